The predicted octanol–water partition coefficient (Wildman–Crippen LogP) is 0.190. The van der Waals surface area contributed by atoms with E-state index in [-0.39, 0.29) is 10.5 Å². The van der Waals surface area contributed by atoms with Crippen molar-refractivity contribution in [2.75, 3.05) is 6.26 Å². The molecule has 0 spiro atoms. The van der Waals surface area contributed by atoms with Gasteiger partial charge in [0.2, 0.25) is 6.41 Å². The minimum atomic E-state index is -3.35. The van der Waals surface area contributed by atoms with Crippen molar-refractivity contribution in [3.05, 3.63) is 29.8 Å². The molecule has 0 aliphatic rings. The highest BCUT2D eigenvalue weighted by Gasteiger charge is 2.29. The molecule has 0 aliphatic heterocycles. The number of aliphatic hydroxyl groups excluding tert-OH is 1. The van der Waals surface area contributed by atoms with E-state index in [0.29, 0.717) is 6.41 Å². The van der Waals surface area contributed by atoms with Crippen LogP contribution in [0.5, 0.6) is 0 Å². The minimum absolute atomic E-state index is 0.0908. The summed E-state index contributed by atoms with van der Waals surface area (Å²) in [5, 5.41) is 12.4. The average molecular weight is 329 g/mol. The van der Waals surface area contributed by atoms with Gasteiger partial charge in [-0.15, -0.1) is 0 Å². The molecule has 0 radical (unpaired) electrons. The fraction of sp³-hybridized carbons (Fsp3) is 0.429. The Morgan fingerprint density at radius 2 is 1.82 bits per heavy atom. The van der Waals surface area contributed by atoms with Crippen molar-refractivity contribution in [3.63, 3.8) is 0 Å². The van der Waals surface area contributed by atoms with Gasteiger partial charge in [-0.1, -0.05) is 12.1 Å². The summed E-state index contributed by atoms with van der Waals surface area (Å²) in [5.74, 6) is -0.776. The van der Waals surface area contributed by atoms with Gasteiger partial charge in [-0.3, -0.25) is 4.79 Å². The van der Waals surface area contributed by atoms with Crippen LogP contribution >= 0.6 is 0 Å². The first-order valence-corrected chi connectivity index (χ1v) is 8.44. The summed E-state index contributed by atoms with van der Waals surface area (Å²) in [4.78, 5) is 22.6. The van der Waals surface area contributed by atoms with Gasteiger partial charge in [-0.25, -0.2) is 13.2 Å². The largest absolute Gasteiger partial charge is 0.461 e. The van der Waals surface area contributed by atoms with Crippen molar-refractivity contribution in [2.45, 2.75) is 37.0 Å². The zero-order valence-electron chi connectivity index (χ0n) is 12.5. The van der Waals surface area contributed by atoms with Gasteiger partial charge in [0.05, 0.1) is 11.0 Å². The molecule has 22 heavy (non-hydrogen) atoms. The van der Waals surface area contributed by atoms with Crippen molar-refractivity contribution in [1.82, 2.24) is 5.32 Å². The lowest BCUT2D eigenvalue weighted by atomic mass is 10.0. The van der Waals surface area contributed by atoms with Crippen LogP contribution < -0.4 is 5.32 Å². The molecule has 122 valence electrons. The van der Waals surface area contributed by atoms with Gasteiger partial charge in [0, 0.05) is 6.26 Å². The summed E-state index contributed by atoms with van der Waals surface area (Å²) in [6, 6.07) is 4.12. The Hall–Kier alpha value is -1.93. The fourth-order valence-corrected chi connectivity index (χ4v) is 2.40. The maximum absolute atomic E-state index is 11.9. The van der Waals surface area contributed by atoms with Crippen molar-refractivity contribution in [1.29, 1.82) is 0 Å². The number of ether oxygens (including phenoxy) is 1. The average Bonchev–Trinajstić information content (AvgIpc) is 2.42. The van der Waals surface area contributed by atoms with Gasteiger partial charge in [-0.05, 0) is 31.5 Å². The topological polar surface area (TPSA) is 110 Å². The van der Waals surface area contributed by atoms with Crippen LogP contribution in [0.2, 0.25) is 0 Å². The molecule has 1 rings (SSSR count). The van der Waals surface area contributed by atoms with Crippen LogP contribution in [0.4, 0.5) is 0 Å². The van der Waals surface area contributed by atoms with Crippen LogP contribution in [0.1, 0.15) is 25.5 Å². The molecule has 1 amide bonds. The van der Waals surface area contributed by atoms with Gasteiger partial charge in [0.15, 0.2) is 15.9 Å². The zero-order valence-corrected chi connectivity index (χ0v) is 13.3. The number of hydrogen-bond donors (Lipinski definition) is 2. The highest BCUT2D eigenvalue weighted by molar-refractivity contribution is 7.90. The Morgan fingerprint density at radius 3 is 2.23 bits per heavy atom. The number of nitrogens with one attached hydrogen (secondary N) is 1. The number of esters is 1. The number of hydrogen-bond acceptors (Lipinski definition) is 6. The van der Waals surface area contributed by atoms with Crippen LogP contribution in [0.3, 0.4) is 0 Å². The Balaban J connectivity index is 3.01. The number of carbonyl (C=O) groups excluding carboxylic acids is 2. The van der Waals surface area contributed by atoms with Gasteiger partial charge in [0.1, 0.15) is 6.10 Å². The highest BCUT2D eigenvalue weighted by Crippen LogP contribution is 2.20. The quantitative estimate of drug-likeness (QED) is 0.546. The van der Waals surface area contributed by atoms with E-state index in [1.807, 2.05) is 0 Å². The van der Waals surface area contributed by atoms with Gasteiger partial charge < -0.3 is 15.2 Å². The molecule has 0 saturated carbocycles. The van der Waals surface area contributed by atoms with Gasteiger partial charge in [-0.2, -0.15) is 0 Å². The maximum atomic E-state index is 11.9. The molecule has 0 saturated heterocycles. The summed E-state index contributed by atoms with van der Waals surface area (Å²) in [6.07, 6.45) is -0.400. The molecule has 0 bridgehead atoms. The first-order chi connectivity index (χ1) is 10.2. The SMILES string of the molecule is CC(C)OC(=O)[C@@H](NC=O)[C@H](O)c1ccc(S(C)(=O)=O)cc1. The molecule has 0 fully saturated rings. The summed E-state index contributed by atoms with van der Waals surface area (Å²) in [7, 11) is -3.35. The number of aliphatic hydroxyl groups is 1. The third-order valence-electron chi connectivity index (χ3n) is 2.82. The molecule has 0 unspecified atom stereocenters. The Bertz CT molecular complexity index is 623. The van der Waals surface area contributed by atoms with Crippen molar-refractivity contribution >= 4 is 22.2 Å². The smallest absolute Gasteiger partial charge is 0.331 e. The zero-order chi connectivity index (χ0) is 16.9. The van der Waals surface area contributed by atoms with E-state index in [0.717, 1.165) is 6.26 Å². The lowest BCUT2D eigenvalue weighted by Gasteiger charge is -2.22. The van der Waals surface area contributed by atoms with Crippen LogP contribution in [0.15, 0.2) is 29.2 Å². The van der Waals surface area contributed by atoms with E-state index in [1.165, 1.54) is 24.3 Å². The molecule has 2 N–H and O–H groups in total. The second-order valence-electron chi connectivity index (χ2n) is 5.03. The van der Waals surface area contributed by atoms with E-state index in [1.54, 1.807) is 13.8 Å². The Labute approximate surface area is 129 Å². The normalized spacial score (nSPS) is 14.2. The molecule has 0 heterocycles. The molecule has 2 atom stereocenters. The Kier molecular flexibility index (Phi) is 6.07. The molecular weight excluding hydrogens is 310 g/mol. The first-order valence-electron chi connectivity index (χ1n) is 6.55. The van der Waals surface area contributed by atoms with Crippen molar-refractivity contribution < 1.29 is 27.9 Å². The minimum Gasteiger partial charge on any atom is -0.461 e. The summed E-state index contributed by atoms with van der Waals surface area (Å²) < 4.78 is 27.7. The second-order valence-corrected chi connectivity index (χ2v) is 7.05. The monoisotopic (exact) mass is 329 g/mol. The van der Waals surface area contributed by atoms with E-state index in [2.05, 4.69) is 5.32 Å². The van der Waals surface area contributed by atoms with E-state index >= 15 is 0 Å². The number of sulfone groups is 1. The summed E-state index contributed by atoms with van der Waals surface area (Å²) in [5.41, 5.74) is 0.285. The molecule has 1 aromatic carbocycles. The third kappa shape index (κ3) is 4.81. The maximum Gasteiger partial charge on any atom is 0.331 e. The van der Waals surface area contributed by atoms with Crippen molar-refractivity contribution in [3.8, 4) is 0 Å². The summed E-state index contributed by atoms with van der Waals surface area (Å²) in [6.45, 7) is 3.28. The van der Waals surface area contributed by atoms with Gasteiger partial charge in [0.25, 0.3) is 0 Å². The molecule has 0 aliphatic carbocycles. The van der Waals surface area contributed by atoms with Crippen LogP contribution in [0.25, 0.3) is 0 Å². The number of amides is 1. The standard InChI is InChI=1S/C14H19NO6S/c1-9(2)21-14(18)12(15-8-16)13(17)10-4-6-11(7-5-10)22(3,19)20/h4-9,12-13,17H,1-3H3,(H,15,16)/t12-,13+/m0/s1. The lowest BCUT2D eigenvalue weighted by Crippen LogP contribution is -2.43. The first kappa shape index (κ1) is 18.1. The molecule has 7 nitrogen and oxygen atoms in total. The predicted molar refractivity (Wildman–Crippen MR) is 78.7 cm³/mol. The lowest BCUT2D eigenvalue weighted by molar-refractivity contribution is -0.154. The van der Waals surface area contributed by atoms with E-state index in [4.69, 9.17) is 4.74 Å². The number of benzene rings is 1. The summed E-state index contributed by atoms with van der Waals surface area (Å²) >= 11 is 0. The van der Waals surface area contributed by atoms with Gasteiger partial charge >= 0.3 is 5.97 Å². The van der Waals surface area contributed by atoms with Crippen LogP contribution in [-0.4, -0.2) is 44.3 Å². The van der Waals surface area contributed by atoms with Crippen LogP contribution in [-0.2, 0) is 24.2 Å². The van der Waals surface area contributed by atoms with E-state index < -0.39 is 34.1 Å². The number of rotatable bonds is 7. The van der Waals surface area contributed by atoms with Crippen LogP contribution in [0, 0.1) is 0 Å². The second kappa shape index (κ2) is 7.37. The molecule has 0 aromatic heterocycles. The molecule has 8 heteroatoms. The number of carbonyl (C=O) groups is 2. The molecule has 1 aromatic rings. The fourth-order valence-electron chi connectivity index (χ4n) is 1.77. The molecular formula is C14H19NO6S. The third-order valence-corrected chi connectivity index (χ3v) is 3.95. The Morgan fingerprint density at radius 1 is 1.27 bits per heavy atom. The van der Waals surface area contributed by atoms with E-state index in [9.17, 15) is 23.1 Å². The van der Waals surface area contributed by atoms with Crippen molar-refractivity contribution in [2.24, 2.45) is 0 Å². The highest BCUT2D eigenvalue weighted by atomic mass is 32.2.